The molecule has 0 unspecified atom stereocenters. The molecule has 0 atom stereocenters. The van der Waals surface area contributed by atoms with E-state index in [9.17, 15) is 0 Å². The number of aromatic nitrogens is 2. The minimum atomic E-state index is -0.613. The van der Waals surface area contributed by atoms with Crippen LogP contribution in [-0.2, 0) is 5.41 Å². The summed E-state index contributed by atoms with van der Waals surface area (Å²) in [6, 6.07) is 78.7. The molecule has 0 radical (unpaired) electrons. The molecule has 0 fully saturated rings. The maximum absolute atomic E-state index is 6.63. The van der Waals surface area contributed by atoms with Gasteiger partial charge < -0.3 is 4.42 Å². The third kappa shape index (κ3) is 5.00. The highest BCUT2D eigenvalue weighted by molar-refractivity contribution is 6.09. The van der Waals surface area contributed by atoms with Crippen LogP contribution >= 0.6 is 0 Å². The summed E-state index contributed by atoms with van der Waals surface area (Å²) in [5, 5.41) is 2.15. The van der Waals surface area contributed by atoms with Crippen LogP contribution < -0.4 is 0 Å². The zero-order valence-corrected chi connectivity index (χ0v) is 33.6. The average molecular weight is 789 g/mol. The fourth-order valence-corrected chi connectivity index (χ4v) is 10.5. The lowest BCUT2D eigenvalue weighted by atomic mass is 9.65. The quantitative estimate of drug-likeness (QED) is 0.178. The van der Waals surface area contributed by atoms with Crippen LogP contribution in [0.25, 0.3) is 100 Å². The second kappa shape index (κ2) is 13.4. The number of hydrogen-bond donors (Lipinski definition) is 0. The summed E-state index contributed by atoms with van der Waals surface area (Å²) in [6.07, 6.45) is 0. The van der Waals surface area contributed by atoms with Crippen molar-refractivity contribution in [1.82, 2.24) is 9.97 Å². The fourth-order valence-electron chi connectivity index (χ4n) is 10.5. The van der Waals surface area contributed by atoms with E-state index in [0.29, 0.717) is 5.82 Å². The van der Waals surface area contributed by atoms with Gasteiger partial charge in [-0.15, -0.1) is 0 Å². The number of rotatable bonds is 4. The van der Waals surface area contributed by atoms with Gasteiger partial charge in [-0.05, 0) is 97.1 Å². The summed E-state index contributed by atoms with van der Waals surface area (Å²) in [5.41, 5.74) is 20.3. The van der Waals surface area contributed by atoms with Gasteiger partial charge in [0.1, 0.15) is 11.2 Å². The minimum Gasteiger partial charge on any atom is -0.455 e. The topological polar surface area (TPSA) is 38.9 Å². The van der Waals surface area contributed by atoms with E-state index in [1.807, 2.05) is 12.1 Å². The van der Waals surface area contributed by atoms with E-state index >= 15 is 0 Å². The monoisotopic (exact) mass is 788 g/mol. The Labute approximate surface area is 359 Å². The Morgan fingerprint density at radius 3 is 1.55 bits per heavy atom. The Balaban J connectivity index is 1.11. The Kier molecular flexibility index (Phi) is 7.52. The first-order valence-electron chi connectivity index (χ1n) is 21.2. The summed E-state index contributed by atoms with van der Waals surface area (Å²) < 4.78 is 6.63. The van der Waals surface area contributed by atoms with E-state index in [1.165, 1.54) is 55.6 Å². The maximum Gasteiger partial charge on any atom is 0.160 e. The van der Waals surface area contributed by atoms with Gasteiger partial charge in [-0.3, -0.25) is 0 Å². The van der Waals surface area contributed by atoms with Crippen LogP contribution in [0, 0.1) is 0 Å². The molecule has 3 heteroatoms. The van der Waals surface area contributed by atoms with Crippen molar-refractivity contribution in [1.29, 1.82) is 0 Å². The number of benzene rings is 9. The molecule has 9 aromatic carbocycles. The largest absolute Gasteiger partial charge is 0.455 e. The molecule has 2 aliphatic rings. The molecule has 0 bridgehead atoms. The predicted molar refractivity (Wildman–Crippen MR) is 253 cm³/mol. The number of fused-ring (bicyclic) bond motifs is 15. The predicted octanol–water partition coefficient (Wildman–Crippen LogP) is 15.1. The molecule has 2 aliphatic carbocycles. The van der Waals surface area contributed by atoms with Gasteiger partial charge >= 0.3 is 0 Å². The zero-order chi connectivity index (χ0) is 40.8. The molecule has 13 rings (SSSR count). The van der Waals surface area contributed by atoms with Gasteiger partial charge in [-0.2, -0.15) is 0 Å². The third-order valence-corrected chi connectivity index (χ3v) is 13.1. The van der Waals surface area contributed by atoms with E-state index < -0.39 is 5.41 Å². The maximum atomic E-state index is 6.63. The molecule has 0 aliphatic heterocycles. The first kappa shape index (κ1) is 34.7. The molecule has 1 spiro atoms. The van der Waals surface area contributed by atoms with Gasteiger partial charge in [-0.1, -0.05) is 188 Å². The van der Waals surface area contributed by atoms with Crippen molar-refractivity contribution in [2.75, 3.05) is 0 Å². The van der Waals surface area contributed by atoms with E-state index in [2.05, 4.69) is 206 Å². The van der Waals surface area contributed by atoms with Gasteiger partial charge in [0, 0.05) is 27.5 Å². The van der Waals surface area contributed by atoms with Crippen molar-refractivity contribution in [3.63, 3.8) is 0 Å². The van der Waals surface area contributed by atoms with Crippen LogP contribution in [-0.4, -0.2) is 9.97 Å². The highest BCUT2D eigenvalue weighted by Crippen LogP contribution is 2.61. The molecule has 11 aromatic rings. The molecule has 2 heterocycles. The lowest BCUT2D eigenvalue weighted by molar-refractivity contribution is 0.670. The molecular weight excluding hydrogens is 753 g/mol. The van der Waals surface area contributed by atoms with Crippen LogP contribution in [0.15, 0.2) is 223 Å². The Bertz CT molecular complexity index is 3550. The van der Waals surface area contributed by atoms with Crippen LogP contribution in [0.5, 0.6) is 0 Å². The molecular formula is C59H36N2O. The SMILES string of the molecule is c1ccc(-c2cccc(-c3cc(-c4cccc5c4oc4ccccc45)nc(-c4ccc5c(c4)C4(c6ccccc6-c6ccccc6-5)c5ccccc5-c5ccccc54)n3)c2)cc1. The van der Waals surface area contributed by atoms with Gasteiger partial charge in [0.05, 0.1) is 16.8 Å². The number of nitrogens with zero attached hydrogens (tertiary/aromatic N) is 2. The highest BCUT2D eigenvalue weighted by Gasteiger charge is 2.49. The minimum absolute atomic E-state index is 0.613. The first-order valence-corrected chi connectivity index (χ1v) is 21.2. The standard InChI is InChI=1S/C59H36N2O/c1-2-16-37(17-3-1)38-18-14-19-39(34-38)54-36-55(49-27-15-26-48-47-25-9-13-31-56(47)62-57(48)49)61-58(60-54)40-32-33-46-42-21-5-4-20-41(42)43-22-6-10-28-50(43)59(53(46)35-40)51-29-11-7-23-44(51)45-24-8-12-30-52(45)59/h1-36H. The fraction of sp³-hybridized carbons (Fsp3) is 0.0169. The highest BCUT2D eigenvalue weighted by atomic mass is 16.3. The third-order valence-electron chi connectivity index (χ3n) is 13.1. The number of hydrogen-bond acceptors (Lipinski definition) is 3. The van der Waals surface area contributed by atoms with Crippen LogP contribution in [0.4, 0.5) is 0 Å². The Hall–Kier alpha value is -8.14. The molecule has 0 saturated heterocycles. The van der Waals surface area contributed by atoms with Crippen molar-refractivity contribution < 1.29 is 4.42 Å². The van der Waals surface area contributed by atoms with Gasteiger partial charge in [0.15, 0.2) is 5.82 Å². The van der Waals surface area contributed by atoms with Crippen LogP contribution in [0.3, 0.4) is 0 Å². The summed E-state index contributed by atoms with van der Waals surface area (Å²) in [7, 11) is 0. The molecule has 62 heavy (non-hydrogen) atoms. The Morgan fingerprint density at radius 2 is 0.823 bits per heavy atom. The molecule has 0 N–H and O–H groups in total. The van der Waals surface area contributed by atoms with Crippen molar-refractivity contribution in [2.45, 2.75) is 5.41 Å². The van der Waals surface area contributed by atoms with Gasteiger partial charge in [0.2, 0.25) is 0 Å². The van der Waals surface area contributed by atoms with E-state index in [-0.39, 0.29) is 0 Å². The zero-order valence-electron chi connectivity index (χ0n) is 33.6. The molecule has 0 amide bonds. The summed E-state index contributed by atoms with van der Waals surface area (Å²) >= 11 is 0. The smallest absolute Gasteiger partial charge is 0.160 e. The summed E-state index contributed by atoms with van der Waals surface area (Å²) in [5.74, 6) is 0.652. The molecule has 0 saturated carbocycles. The Morgan fingerprint density at radius 1 is 0.306 bits per heavy atom. The molecule has 288 valence electrons. The number of furan rings is 1. The second-order valence-corrected chi connectivity index (χ2v) is 16.4. The van der Waals surface area contributed by atoms with E-state index in [1.54, 1.807) is 0 Å². The van der Waals surface area contributed by atoms with Crippen molar-refractivity contribution >= 4 is 21.9 Å². The van der Waals surface area contributed by atoms with Crippen molar-refractivity contribution in [3.05, 3.63) is 241 Å². The second-order valence-electron chi connectivity index (χ2n) is 16.4. The van der Waals surface area contributed by atoms with Crippen LogP contribution in [0.2, 0.25) is 0 Å². The lowest BCUT2D eigenvalue weighted by Gasteiger charge is -2.35. The summed E-state index contributed by atoms with van der Waals surface area (Å²) in [6.45, 7) is 0. The summed E-state index contributed by atoms with van der Waals surface area (Å²) in [4.78, 5) is 11.0. The van der Waals surface area contributed by atoms with E-state index in [4.69, 9.17) is 14.4 Å². The lowest BCUT2D eigenvalue weighted by Crippen LogP contribution is -2.29. The first-order chi connectivity index (χ1) is 30.7. The van der Waals surface area contributed by atoms with Crippen molar-refractivity contribution in [2.24, 2.45) is 0 Å². The molecule has 3 nitrogen and oxygen atoms in total. The number of para-hydroxylation sites is 2. The van der Waals surface area contributed by atoms with Gasteiger partial charge in [-0.25, -0.2) is 9.97 Å². The van der Waals surface area contributed by atoms with Gasteiger partial charge in [0.25, 0.3) is 0 Å². The average Bonchev–Trinajstić information content (AvgIpc) is 3.85. The van der Waals surface area contributed by atoms with E-state index in [0.717, 1.165) is 61.1 Å². The van der Waals surface area contributed by atoms with Crippen LogP contribution in [0.1, 0.15) is 22.3 Å². The molecule has 2 aromatic heterocycles. The van der Waals surface area contributed by atoms with Crippen molar-refractivity contribution in [3.8, 4) is 78.4 Å². The normalized spacial score (nSPS) is 13.0.